The average molecular weight is 733 g/mol. The Morgan fingerprint density at radius 3 is 1.62 bits per heavy atom. The Balaban J connectivity index is 1.17. The highest BCUT2D eigenvalue weighted by Crippen LogP contribution is 2.45. The van der Waals surface area contributed by atoms with Crippen LogP contribution in [0.1, 0.15) is 0 Å². The fourth-order valence-corrected chi connectivity index (χ4v) is 9.13. The van der Waals surface area contributed by atoms with Gasteiger partial charge in [-0.3, -0.25) is 0 Å². The quantitative estimate of drug-likeness (QED) is 0.171. The van der Waals surface area contributed by atoms with Gasteiger partial charge in [0.2, 0.25) is 0 Å². The Hall–Kier alpha value is -7.21. The Morgan fingerprint density at radius 1 is 0.357 bits per heavy atom. The fourth-order valence-electron chi connectivity index (χ4n) is 8.02. The standard InChI is InChI=1S/C51H32N4S/c1-4-14-33(15-5-1)35-24-26-37(27-25-35)50-52-49(36-18-8-3-9-19-36)53-51(54-50)40-20-10-12-22-43(40)55-44-30-28-38(34-16-6-2-7-17-34)32-42(44)39-29-31-46-47(48(39)55)41-21-11-13-23-45(41)56-46/h1-32H. The van der Waals surface area contributed by atoms with Crippen LogP contribution in [0.4, 0.5) is 0 Å². The zero-order chi connectivity index (χ0) is 37.0. The molecule has 0 fully saturated rings. The van der Waals surface area contributed by atoms with Gasteiger partial charge in [0.15, 0.2) is 17.5 Å². The van der Waals surface area contributed by atoms with E-state index in [9.17, 15) is 0 Å². The monoisotopic (exact) mass is 732 g/mol. The van der Waals surface area contributed by atoms with Crippen molar-refractivity contribution in [2.45, 2.75) is 0 Å². The van der Waals surface area contributed by atoms with Gasteiger partial charge in [0.1, 0.15) is 0 Å². The van der Waals surface area contributed by atoms with E-state index >= 15 is 0 Å². The smallest absolute Gasteiger partial charge is 0.166 e. The van der Waals surface area contributed by atoms with Gasteiger partial charge >= 0.3 is 0 Å². The first-order valence-electron chi connectivity index (χ1n) is 18.8. The zero-order valence-electron chi connectivity index (χ0n) is 30.2. The van der Waals surface area contributed by atoms with Crippen LogP contribution in [0.3, 0.4) is 0 Å². The molecule has 0 bridgehead atoms. The Morgan fingerprint density at radius 2 is 0.893 bits per heavy atom. The summed E-state index contributed by atoms with van der Waals surface area (Å²) in [5.41, 5.74) is 10.8. The van der Waals surface area contributed by atoms with Crippen LogP contribution in [0.5, 0.6) is 0 Å². The Kier molecular flexibility index (Phi) is 7.64. The first-order chi connectivity index (χ1) is 27.8. The molecule has 262 valence electrons. The topological polar surface area (TPSA) is 43.6 Å². The molecule has 4 nitrogen and oxygen atoms in total. The molecule has 0 radical (unpaired) electrons. The van der Waals surface area contributed by atoms with Crippen LogP contribution in [0.2, 0.25) is 0 Å². The summed E-state index contributed by atoms with van der Waals surface area (Å²) in [5, 5.41) is 4.93. The van der Waals surface area contributed by atoms with Crippen LogP contribution >= 0.6 is 11.3 Å². The van der Waals surface area contributed by atoms with E-state index in [2.05, 4.69) is 174 Å². The number of nitrogens with zero attached hydrogens (tertiary/aromatic N) is 4. The minimum Gasteiger partial charge on any atom is -0.308 e. The van der Waals surface area contributed by atoms with E-state index in [1.807, 2.05) is 35.6 Å². The van der Waals surface area contributed by atoms with Crippen LogP contribution < -0.4 is 0 Å². The minimum atomic E-state index is 0.620. The van der Waals surface area contributed by atoms with Crippen LogP contribution in [0.15, 0.2) is 194 Å². The number of hydrogen-bond acceptors (Lipinski definition) is 4. The van der Waals surface area contributed by atoms with Crippen molar-refractivity contribution < 1.29 is 0 Å². The average Bonchev–Trinajstić information content (AvgIpc) is 3.82. The van der Waals surface area contributed by atoms with E-state index in [0.29, 0.717) is 17.5 Å². The van der Waals surface area contributed by atoms with Crippen LogP contribution in [0.25, 0.3) is 104 Å². The lowest BCUT2D eigenvalue weighted by Crippen LogP contribution is -2.03. The van der Waals surface area contributed by atoms with Crippen molar-refractivity contribution in [3.63, 3.8) is 0 Å². The maximum absolute atomic E-state index is 5.26. The second kappa shape index (κ2) is 13.3. The predicted octanol–water partition coefficient (Wildman–Crippen LogP) is 13.7. The maximum atomic E-state index is 5.26. The lowest BCUT2D eigenvalue weighted by molar-refractivity contribution is 1.06. The molecule has 11 rings (SSSR count). The lowest BCUT2D eigenvalue weighted by Gasteiger charge is -2.15. The number of rotatable bonds is 6. The van der Waals surface area contributed by atoms with E-state index < -0.39 is 0 Å². The van der Waals surface area contributed by atoms with Gasteiger partial charge in [-0.1, -0.05) is 158 Å². The summed E-state index contributed by atoms with van der Waals surface area (Å²) in [4.78, 5) is 15.5. The number of thiophene rings is 1. The second-order valence-corrected chi connectivity index (χ2v) is 15.1. The second-order valence-electron chi connectivity index (χ2n) is 14.0. The van der Waals surface area contributed by atoms with Gasteiger partial charge in [0, 0.05) is 47.6 Å². The number of para-hydroxylation sites is 1. The number of hydrogen-bond donors (Lipinski definition) is 0. The van der Waals surface area contributed by atoms with E-state index in [1.54, 1.807) is 0 Å². The van der Waals surface area contributed by atoms with Gasteiger partial charge in [-0.15, -0.1) is 11.3 Å². The summed E-state index contributed by atoms with van der Waals surface area (Å²) in [6, 6.07) is 68.5. The minimum absolute atomic E-state index is 0.620. The van der Waals surface area contributed by atoms with Gasteiger partial charge in [-0.25, -0.2) is 15.0 Å². The highest BCUT2D eigenvalue weighted by molar-refractivity contribution is 7.26. The molecule has 0 amide bonds. The molecule has 0 spiro atoms. The van der Waals surface area contributed by atoms with E-state index in [0.717, 1.165) is 33.5 Å². The Bertz CT molecular complexity index is 3220. The molecule has 0 saturated carbocycles. The predicted molar refractivity (Wildman–Crippen MR) is 234 cm³/mol. The van der Waals surface area contributed by atoms with Crippen molar-refractivity contribution in [1.82, 2.24) is 19.5 Å². The van der Waals surface area contributed by atoms with E-state index in [1.165, 1.54) is 53.2 Å². The normalized spacial score (nSPS) is 11.6. The van der Waals surface area contributed by atoms with Gasteiger partial charge in [0.05, 0.1) is 16.7 Å². The Labute approximate surface area is 327 Å². The summed E-state index contributed by atoms with van der Waals surface area (Å²) >= 11 is 1.84. The van der Waals surface area contributed by atoms with Crippen molar-refractivity contribution >= 4 is 53.3 Å². The summed E-state index contributed by atoms with van der Waals surface area (Å²) < 4.78 is 4.98. The van der Waals surface area contributed by atoms with Crippen molar-refractivity contribution in [1.29, 1.82) is 0 Å². The first-order valence-corrected chi connectivity index (χ1v) is 19.6. The molecule has 5 heteroatoms. The molecule has 3 aromatic heterocycles. The molecule has 0 saturated heterocycles. The van der Waals surface area contributed by atoms with Gasteiger partial charge in [0.25, 0.3) is 0 Å². The molecule has 0 aliphatic rings. The largest absolute Gasteiger partial charge is 0.308 e. The first kappa shape index (κ1) is 32.2. The summed E-state index contributed by atoms with van der Waals surface area (Å²) in [5.74, 6) is 1.88. The number of benzene rings is 8. The van der Waals surface area contributed by atoms with Crippen molar-refractivity contribution in [2.24, 2.45) is 0 Å². The number of aromatic nitrogens is 4. The summed E-state index contributed by atoms with van der Waals surface area (Å²) in [6.07, 6.45) is 0. The molecule has 0 atom stereocenters. The van der Waals surface area contributed by atoms with Crippen molar-refractivity contribution in [2.75, 3.05) is 0 Å². The van der Waals surface area contributed by atoms with Gasteiger partial charge < -0.3 is 4.57 Å². The molecule has 56 heavy (non-hydrogen) atoms. The lowest BCUT2D eigenvalue weighted by atomic mass is 10.0. The number of fused-ring (bicyclic) bond motifs is 7. The third kappa shape index (κ3) is 5.40. The van der Waals surface area contributed by atoms with Crippen LogP contribution in [-0.4, -0.2) is 19.5 Å². The van der Waals surface area contributed by atoms with Crippen molar-refractivity contribution in [3.05, 3.63) is 194 Å². The SMILES string of the molecule is c1ccc(-c2ccc(-c3nc(-c4ccccc4)nc(-c4ccccc4-n4c5ccc(-c6ccccc6)cc5c5ccc6sc7ccccc7c6c54)n3)cc2)cc1. The molecule has 11 aromatic rings. The molecule has 0 aliphatic heterocycles. The molecular formula is C51H32N4S. The summed E-state index contributed by atoms with van der Waals surface area (Å²) in [7, 11) is 0. The van der Waals surface area contributed by atoms with Crippen LogP contribution in [-0.2, 0) is 0 Å². The highest BCUT2D eigenvalue weighted by atomic mass is 32.1. The highest BCUT2D eigenvalue weighted by Gasteiger charge is 2.22. The van der Waals surface area contributed by atoms with Crippen molar-refractivity contribution in [3.8, 4) is 62.1 Å². The van der Waals surface area contributed by atoms with E-state index in [4.69, 9.17) is 15.0 Å². The third-order valence-electron chi connectivity index (χ3n) is 10.7. The van der Waals surface area contributed by atoms with Crippen LogP contribution in [0, 0.1) is 0 Å². The molecular weight excluding hydrogens is 701 g/mol. The van der Waals surface area contributed by atoms with Gasteiger partial charge in [-0.05, 0) is 58.7 Å². The zero-order valence-corrected chi connectivity index (χ0v) is 31.0. The van der Waals surface area contributed by atoms with E-state index in [-0.39, 0.29) is 0 Å². The molecule has 0 N–H and O–H groups in total. The molecule has 3 heterocycles. The summed E-state index contributed by atoms with van der Waals surface area (Å²) in [6.45, 7) is 0. The maximum Gasteiger partial charge on any atom is 0.166 e. The fraction of sp³-hybridized carbons (Fsp3) is 0. The third-order valence-corrected chi connectivity index (χ3v) is 11.8. The molecule has 0 aliphatic carbocycles. The van der Waals surface area contributed by atoms with Gasteiger partial charge in [-0.2, -0.15) is 0 Å². The molecule has 0 unspecified atom stereocenters. The molecule has 8 aromatic carbocycles.